The molecule has 1 fully saturated rings. The number of carbonyl (C=O) groups is 11. The highest BCUT2D eigenvalue weighted by Crippen LogP contribution is 2.26. The quantitative estimate of drug-likeness (QED) is 0.171. The van der Waals surface area contributed by atoms with Gasteiger partial charge in [-0.05, 0) is 101 Å². The van der Waals surface area contributed by atoms with E-state index in [1.54, 1.807) is 54.5 Å². The van der Waals surface area contributed by atoms with E-state index in [-0.39, 0.29) is 55.8 Å². The maximum atomic E-state index is 15.2. The average Bonchev–Trinajstić information content (AvgIpc) is 1.52. The number of likely N-dealkylation sites (N-methyl/N-ethyl adjacent to an activating group) is 8. The zero-order chi connectivity index (χ0) is 66.8. The van der Waals surface area contributed by atoms with Gasteiger partial charge in [-0.1, -0.05) is 109 Å². The number of aliphatic hydroxyl groups is 1. The molecule has 0 aliphatic carbocycles. The fourth-order valence-corrected chi connectivity index (χ4v) is 11.2. The second kappa shape index (κ2) is 35.0. The third-order valence-electron chi connectivity index (χ3n) is 16.5. The standard InChI is InChI=1S/C63H113N11O12/c1-26-28-29-41(15)53(76)52-56(79)66-44(27-2)58(81)67(18)34-49(75)68(19)46(31-36(5)6)60(83)72(23)50(39(11)12)62(85)69(20)45(30-35(3)4)55(78)64-42(16)54(77)65-43(17)57(80)70(21)47(32-37(7)8)59(82)71(22)48(33-38(9)10)61(84)73(24)51(40(13)14)63(86)74(52)25/h26,28,35-48,50-53,76H,27,29-34H2,1-25H3,(H,64,78)(H,65,77)(H,66,79)/t41-,42+,43-,44+,45+,46+,47+,48+,50-,51+,52?,53-/m1/s1. The Morgan fingerprint density at radius 1 is 0.442 bits per heavy atom. The maximum absolute atomic E-state index is 15.2. The lowest BCUT2D eigenvalue weighted by atomic mass is 9.91. The molecule has 23 heteroatoms. The summed E-state index contributed by atoms with van der Waals surface area (Å²) in [6, 6.07) is -12.3. The molecule has 23 nitrogen and oxygen atoms in total. The second-order valence-corrected chi connectivity index (χ2v) is 26.5. The van der Waals surface area contributed by atoms with Crippen LogP contribution >= 0.6 is 0 Å². The zero-order valence-corrected chi connectivity index (χ0v) is 57.0. The molecule has 0 saturated carbocycles. The number of nitrogens with zero attached hydrogens (tertiary/aromatic N) is 8. The molecule has 1 saturated heterocycles. The minimum Gasteiger partial charge on any atom is -0.390 e. The molecule has 4 N–H and O–H groups in total. The highest BCUT2D eigenvalue weighted by Gasteiger charge is 2.46. The minimum atomic E-state index is -1.61. The van der Waals surface area contributed by atoms with Crippen molar-refractivity contribution in [2.24, 2.45) is 41.4 Å². The Kier molecular flexibility index (Phi) is 31.7. The third-order valence-corrected chi connectivity index (χ3v) is 16.5. The molecule has 1 rings (SSSR count). The van der Waals surface area contributed by atoms with Crippen molar-refractivity contribution in [1.29, 1.82) is 0 Å². The largest absolute Gasteiger partial charge is 0.390 e. The molecular weight excluding hydrogens is 1100 g/mol. The minimum absolute atomic E-state index is 0.0237. The molecule has 12 atom stereocenters. The van der Waals surface area contributed by atoms with Crippen molar-refractivity contribution in [2.75, 3.05) is 62.9 Å². The van der Waals surface area contributed by atoms with Crippen LogP contribution in [0.1, 0.15) is 156 Å². The van der Waals surface area contributed by atoms with Gasteiger partial charge in [0.1, 0.15) is 60.4 Å². The van der Waals surface area contributed by atoms with Gasteiger partial charge in [0.25, 0.3) is 0 Å². The van der Waals surface area contributed by atoms with Crippen molar-refractivity contribution in [3.05, 3.63) is 12.2 Å². The van der Waals surface area contributed by atoms with E-state index in [9.17, 15) is 48.3 Å². The SMILES string of the molecule is CC=CC[C@@H](C)[C@@H](O)C1C(=O)N[C@@H](CC)C(=O)N(C)CC(=O)N(C)[C@@H](CC(C)C)C(=O)N(C)[C@H](C(C)C)C(=O)N(C)[C@@H](CC(C)C)C(=O)N[C@@H](C)C(=O)N[C@H](C)C(=O)N(C)[C@@H](CC(C)C)C(=O)N(C)[C@@H](CC(C)C)C(=O)N(C)[C@@H](C(C)C)C(=O)N1C. The second-order valence-electron chi connectivity index (χ2n) is 26.5. The summed E-state index contributed by atoms with van der Waals surface area (Å²) in [5.41, 5.74) is 0. The van der Waals surface area contributed by atoms with Crippen molar-refractivity contribution in [3.63, 3.8) is 0 Å². The van der Waals surface area contributed by atoms with Crippen LogP contribution in [0.25, 0.3) is 0 Å². The molecule has 0 radical (unpaired) electrons. The smallest absolute Gasteiger partial charge is 0.246 e. The van der Waals surface area contributed by atoms with Gasteiger partial charge in [-0.15, -0.1) is 0 Å². The number of nitrogens with one attached hydrogen (secondary N) is 3. The predicted octanol–water partition coefficient (Wildman–Crippen LogP) is 3.61. The Morgan fingerprint density at radius 3 is 1.21 bits per heavy atom. The molecule has 492 valence electrons. The van der Waals surface area contributed by atoms with E-state index in [0.717, 1.165) is 9.80 Å². The molecule has 0 aromatic rings. The van der Waals surface area contributed by atoms with E-state index < -0.39 is 156 Å². The first-order valence-electron chi connectivity index (χ1n) is 31.0. The summed E-state index contributed by atoms with van der Waals surface area (Å²) in [4.78, 5) is 171. The molecule has 11 amide bonds. The molecule has 1 aliphatic heterocycles. The molecule has 1 unspecified atom stereocenters. The van der Waals surface area contributed by atoms with Crippen LogP contribution in [0, 0.1) is 41.4 Å². The van der Waals surface area contributed by atoms with E-state index in [2.05, 4.69) is 16.0 Å². The van der Waals surface area contributed by atoms with Crippen LogP contribution < -0.4 is 16.0 Å². The van der Waals surface area contributed by atoms with E-state index in [1.165, 1.54) is 99.6 Å². The lowest BCUT2D eigenvalue weighted by molar-refractivity contribution is -0.157. The zero-order valence-electron chi connectivity index (χ0n) is 57.0. The molecule has 0 aromatic carbocycles. The molecule has 0 aromatic heterocycles. The van der Waals surface area contributed by atoms with Gasteiger partial charge < -0.3 is 60.3 Å². The van der Waals surface area contributed by atoms with E-state index in [1.807, 2.05) is 61.5 Å². The van der Waals surface area contributed by atoms with Crippen LogP contribution in [0.2, 0.25) is 0 Å². The average molecular weight is 1220 g/mol. The van der Waals surface area contributed by atoms with Crippen LogP contribution in [-0.2, 0) is 52.7 Å². The first kappa shape index (κ1) is 77.9. The summed E-state index contributed by atoms with van der Waals surface area (Å²) in [6.07, 6.45) is 3.06. The summed E-state index contributed by atoms with van der Waals surface area (Å²) in [5, 5.41) is 20.3. The first-order chi connectivity index (χ1) is 39.6. The van der Waals surface area contributed by atoms with Crippen LogP contribution in [0.4, 0.5) is 0 Å². The third kappa shape index (κ3) is 21.0. The van der Waals surface area contributed by atoms with E-state index >= 15 is 9.59 Å². The van der Waals surface area contributed by atoms with Crippen molar-refractivity contribution in [2.45, 2.75) is 223 Å². The Balaban J connectivity index is 4.37. The van der Waals surface area contributed by atoms with Crippen molar-refractivity contribution < 1.29 is 57.8 Å². The fourth-order valence-electron chi connectivity index (χ4n) is 11.2. The van der Waals surface area contributed by atoms with Gasteiger partial charge in [0.2, 0.25) is 65.0 Å². The Bertz CT molecular complexity index is 2360. The number of allylic oxidation sites excluding steroid dienone is 2. The maximum Gasteiger partial charge on any atom is 0.246 e. The molecule has 1 heterocycles. The predicted molar refractivity (Wildman–Crippen MR) is 333 cm³/mol. The Hall–Kier alpha value is -6.13. The summed E-state index contributed by atoms with van der Waals surface area (Å²) >= 11 is 0. The van der Waals surface area contributed by atoms with Gasteiger partial charge in [-0.3, -0.25) is 52.7 Å². The molecule has 0 spiro atoms. The lowest BCUT2D eigenvalue weighted by Crippen LogP contribution is -2.63. The highest BCUT2D eigenvalue weighted by molar-refractivity contribution is 5.99. The van der Waals surface area contributed by atoms with Crippen molar-refractivity contribution in [3.8, 4) is 0 Å². The lowest BCUT2D eigenvalue weighted by Gasteiger charge is -2.41. The molecular formula is C63H113N11O12. The first-order valence-corrected chi connectivity index (χ1v) is 31.0. The number of aliphatic hydroxyl groups excluding tert-OH is 1. The van der Waals surface area contributed by atoms with E-state index in [4.69, 9.17) is 0 Å². The van der Waals surface area contributed by atoms with Gasteiger partial charge in [-0.25, -0.2) is 0 Å². The Labute approximate surface area is 515 Å². The summed E-state index contributed by atoms with van der Waals surface area (Å²) in [6.45, 7) is 29.5. The van der Waals surface area contributed by atoms with Crippen LogP contribution in [0.5, 0.6) is 0 Å². The summed E-state index contributed by atoms with van der Waals surface area (Å²) in [5.74, 6) is -9.54. The van der Waals surface area contributed by atoms with Gasteiger partial charge in [0.15, 0.2) is 0 Å². The van der Waals surface area contributed by atoms with E-state index in [0.29, 0.717) is 6.42 Å². The van der Waals surface area contributed by atoms with Crippen molar-refractivity contribution >= 4 is 65.0 Å². The Morgan fingerprint density at radius 2 is 0.802 bits per heavy atom. The van der Waals surface area contributed by atoms with Crippen LogP contribution in [0.15, 0.2) is 12.2 Å². The highest BCUT2D eigenvalue weighted by atomic mass is 16.3. The number of hydrogen-bond donors (Lipinski definition) is 4. The number of carbonyl (C=O) groups excluding carboxylic acids is 11. The number of rotatable bonds is 15. The van der Waals surface area contributed by atoms with Gasteiger partial charge >= 0.3 is 0 Å². The molecule has 0 bridgehead atoms. The summed E-state index contributed by atoms with van der Waals surface area (Å²) < 4.78 is 0. The normalized spacial score (nSPS) is 26.9. The fraction of sp³-hybridized carbons (Fsp3) is 0.794. The van der Waals surface area contributed by atoms with Crippen LogP contribution in [-0.4, -0.2) is 239 Å². The monoisotopic (exact) mass is 1220 g/mol. The molecule has 1 aliphatic rings. The topological polar surface area (TPSA) is 270 Å². The number of amides is 11. The van der Waals surface area contributed by atoms with Gasteiger partial charge in [0, 0.05) is 56.4 Å². The van der Waals surface area contributed by atoms with Gasteiger partial charge in [-0.2, -0.15) is 0 Å². The molecule has 86 heavy (non-hydrogen) atoms. The van der Waals surface area contributed by atoms with Crippen molar-refractivity contribution in [1.82, 2.24) is 55.1 Å². The van der Waals surface area contributed by atoms with Crippen LogP contribution in [0.3, 0.4) is 0 Å². The van der Waals surface area contributed by atoms with Gasteiger partial charge in [0.05, 0.1) is 12.6 Å². The number of hydrogen-bond acceptors (Lipinski definition) is 12. The summed E-state index contributed by atoms with van der Waals surface area (Å²) in [7, 11) is 11.4.